The molecule has 3 aromatic rings. The second-order valence-electron chi connectivity index (χ2n) is 4.47. The van der Waals surface area contributed by atoms with Gasteiger partial charge in [-0.2, -0.15) is 5.26 Å². The Morgan fingerprint density at radius 3 is 2.73 bits per heavy atom. The van der Waals surface area contributed by atoms with E-state index in [0.717, 1.165) is 21.8 Å². The molecule has 2 aromatic heterocycles. The van der Waals surface area contributed by atoms with Crippen molar-refractivity contribution in [2.24, 2.45) is 0 Å². The van der Waals surface area contributed by atoms with Gasteiger partial charge in [-0.15, -0.1) is 11.3 Å². The summed E-state index contributed by atoms with van der Waals surface area (Å²) in [5, 5.41) is 11.5. The number of ether oxygens (including phenoxy) is 1. The predicted octanol–water partition coefficient (Wildman–Crippen LogP) is 3.36. The van der Waals surface area contributed by atoms with E-state index >= 15 is 0 Å². The van der Waals surface area contributed by atoms with Gasteiger partial charge in [-0.3, -0.25) is 4.98 Å². The molecule has 22 heavy (non-hydrogen) atoms. The van der Waals surface area contributed by atoms with Crippen LogP contribution < -0.4 is 10.5 Å². The van der Waals surface area contributed by atoms with Crippen LogP contribution in [0.5, 0.6) is 5.75 Å². The minimum absolute atomic E-state index is 0.0214. The molecule has 1 aromatic carbocycles. The Hall–Kier alpha value is -2.91. The molecule has 2 N–H and O–H groups in total. The monoisotopic (exact) mass is 308 g/mol. The zero-order valence-corrected chi connectivity index (χ0v) is 12.4. The minimum atomic E-state index is -0.0214. The normalized spacial score (nSPS) is 10.1. The van der Waals surface area contributed by atoms with Crippen LogP contribution in [-0.4, -0.2) is 16.6 Å². The molecule has 5 nitrogen and oxygen atoms in total. The van der Waals surface area contributed by atoms with Crippen LogP contribution in [-0.2, 0) is 0 Å². The molecule has 108 valence electrons. The van der Waals surface area contributed by atoms with Crippen molar-refractivity contribution in [1.82, 2.24) is 9.97 Å². The maximum absolute atomic E-state index is 8.53. The smallest absolute Gasteiger partial charge is 0.174 e. The van der Waals surface area contributed by atoms with E-state index in [1.165, 1.54) is 0 Å². The summed E-state index contributed by atoms with van der Waals surface area (Å²) in [5.41, 5.74) is 9.25. The summed E-state index contributed by atoms with van der Waals surface area (Å²) in [6.45, 7) is -0.0214. The Labute approximate surface area is 131 Å². The Bertz CT molecular complexity index is 824. The van der Waals surface area contributed by atoms with Gasteiger partial charge in [-0.25, -0.2) is 4.98 Å². The molecule has 0 spiro atoms. The Kier molecular flexibility index (Phi) is 3.99. The first-order valence-electron chi connectivity index (χ1n) is 6.53. The number of nitrogen functional groups attached to an aromatic ring is 1. The highest BCUT2D eigenvalue weighted by Crippen LogP contribution is 2.32. The van der Waals surface area contributed by atoms with E-state index in [0.29, 0.717) is 11.4 Å². The van der Waals surface area contributed by atoms with Crippen LogP contribution in [0.25, 0.3) is 21.8 Å². The summed E-state index contributed by atoms with van der Waals surface area (Å²) >= 11 is 1.57. The number of benzene rings is 1. The van der Waals surface area contributed by atoms with Crippen LogP contribution in [0.4, 0.5) is 5.69 Å². The highest BCUT2D eigenvalue weighted by atomic mass is 32.1. The molecular formula is C16H12N4OS. The van der Waals surface area contributed by atoms with Gasteiger partial charge in [0.2, 0.25) is 0 Å². The molecule has 0 aliphatic heterocycles. The van der Waals surface area contributed by atoms with Gasteiger partial charge in [-0.05, 0) is 30.3 Å². The van der Waals surface area contributed by atoms with Crippen molar-refractivity contribution in [2.75, 3.05) is 12.3 Å². The predicted molar refractivity (Wildman–Crippen MR) is 86.3 cm³/mol. The van der Waals surface area contributed by atoms with E-state index < -0.39 is 0 Å². The van der Waals surface area contributed by atoms with Crippen molar-refractivity contribution in [3.05, 3.63) is 48.1 Å². The largest absolute Gasteiger partial charge is 0.477 e. The van der Waals surface area contributed by atoms with Gasteiger partial charge in [0.25, 0.3) is 0 Å². The molecule has 0 amide bonds. The van der Waals surface area contributed by atoms with E-state index in [9.17, 15) is 0 Å². The fourth-order valence-electron chi connectivity index (χ4n) is 1.98. The molecule has 0 bridgehead atoms. The molecule has 0 atom stereocenters. The molecule has 6 heteroatoms. The third kappa shape index (κ3) is 2.90. The molecular weight excluding hydrogens is 296 g/mol. The summed E-state index contributed by atoms with van der Waals surface area (Å²) in [7, 11) is 0. The van der Waals surface area contributed by atoms with Gasteiger partial charge in [0.05, 0.1) is 11.4 Å². The molecule has 0 fully saturated rings. The van der Waals surface area contributed by atoms with E-state index in [1.54, 1.807) is 35.9 Å². The van der Waals surface area contributed by atoms with Crippen LogP contribution in [0.2, 0.25) is 0 Å². The number of nitrogens with zero attached hydrogens (tertiary/aromatic N) is 3. The lowest BCUT2D eigenvalue weighted by molar-refractivity contribution is 0.370. The first kappa shape index (κ1) is 14.0. The number of pyridine rings is 1. The van der Waals surface area contributed by atoms with Crippen molar-refractivity contribution >= 4 is 17.0 Å². The second kappa shape index (κ2) is 6.24. The highest BCUT2D eigenvalue weighted by molar-refractivity contribution is 7.13. The average molecular weight is 308 g/mol. The van der Waals surface area contributed by atoms with Crippen molar-refractivity contribution < 1.29 is 4.74 Å². The molecule has 0 saturated heterocycles. The SMILES string of the molecule is N#CCOc1ccc(-c2csc(-c3ccncc3)n2)cc1N. The standard InChI is InChI=1S/C16H12N4OS/c17-5-8-21-15-2-1-12(9-13(15)18)14-10-22-16(20-14)11-3-6-19-7-4-11/h1-4,6-7,9-10H,8,18H2. The van der Waals surface area contributed by atoms with Crippen molar-refractivity contribution in [2.45, 2.75) is 0 Å². The van der Waals surface area contributed by atoms with Crippen molar-refractivity contribution in [3.8, 4) is 33.6 Å². The average Bonchev–Trinajstić information content (AvgIpc) is 3.04. The summed E-state index contributed by atoms with van der Waals surface area (Å²) in [5.74, 6) is 0.509. The molecule has 0 aliphatic rings. The number of nitriles is 1. The van der Waals surface area contributed by atoms with Crippen LogP contribution in [0.1, 0.15) is 0 Å². The maximum Gasteiger partial charge on any atom is 0.174 e. The third-order valence-corrected chi connectivity index (χ3v) is 3.92. The molecule has 0 radical (unpaired) electrons. The van der Waals surface area contributed by atoms with Gasteiger partial charge in [0.15, 0.2) is 6.61 Å². The lowest BCUT2D eigenvalue weighted by Gasteiger charge is -2.06. The van der Waals surface area contributed by atoms with Crippen molar-refractivity contribution in [1.29, 1.82) is 5.26 Å². The zero-order chi connectivity index (χ0) is 15.4. The lowest BCUT2D eigenvalue weighted by Crippen LogP contribution is -1.98. The Morgan fingerprint density at radius 2 is 2.00 bits per heavy atom. The first-order chi connectivity index (χ1) is 10.8. The molecule has 0 aliphatic carbocycles. The molecule has 3 rings (SSSR count). The van der Waals surface area contributed by atoms with Crippen LogP contribution in [0.15, 0.2) is 48.1 Å². The number of hydrogen-bond donors (Lipinski definition) is 1. The molecule has 2 heterocycles. The van der Waals surface area contributed by atoms with E-state index in [2.05, 4.69) is 9.97 Å². The van der Waals surface area contributed by atoms with E-state index in [4.69, 9.17) is 15.7 Å². The van der Waals surface area contributed by atoms with Gasteiger partial charge >= 0.3 is 0 Å². The summed E-state index contributed by atoms with van der Waals surface area (Å²) in [6.07, 6.45) is 3.49. The fraction of sp³-hybridized carbons (Fsp3) is 0.0625. The third-order valence-electron chi connectivity index (χ3n) is 3.03. The number of rotatable bonds is 4. The van der Waals surface area contributed by atoms with Gasteiger partial charge < -0.3 is 10.5 Å². The number of anilines is 1. The number of nitrogens with two attached hydrogens (primary N) is 1. The highest BCUT2D eigenvalue weighted by Gasteiger charge is 2.09. The Morgan fingerprint density at radius 1 is 1.18 bits per heavy atom. The Balaban J connectivity index is 1.88. The summed E-state index contributed by atoms with van der Waals surface area (Å²) in [6, 6.07) is 11.2. The topological polar surface area (TPSA) is 84.8 Å². The van der Waals surface area contributed by atoms with E-state index in [1.807, 2.05) is 29.6 Å². The van der Waals surface area contributed by atoms with Gasteiger partial charge in [-0.1, -0.05) is 0 Å². The minimum Gasteiger partial charge on any atom is -0.477 e. The number of thiazole rings is 1. The number of aromatic nitrogens is 2. The second-order valence-corrected chi connectivity index (χ2v) is 5.33. The fourth-order valence-corrected chi connectivity index (χ4v) is 2.82. The number of hydrogen-bond acceptors (Lipinski definition) is 6. The summed E-state index contributed by atoms with van der Waals surface area (Å²) in [4.78, 5) is 8.63. The van der Waals surface area contributed by atoms with Crippen molar-refractivity contribution in [3.63, 3.8) is 0 Å². The van der Waals surface area contributed by atoms with Crippen LogP contribution >= 0.6 is 11.3 Å². The zero-order valence-electron chi connectivity index (χ0n) is 11.6. The molecule has 0 unspecified atom stereocenters. The lowest BCUT2D eigenvalue weighted by atomic mass is 10.1. The maximum atomic E-state index is 8.53. The van der Waals surface area contributed by atoms with Crippen LogP contribution in [0, 0.1) is 11.3 Å². The van der Waals surface area contributed by atoms with Crippen LogP contribution in [0.3, 0.4) is 0 Å². The van der Waals surface area contributed by atoms with Gasteiger partial charge in [0, 0.05) is 28.9 Å². The van der Waals surface area contributed by atoms with E-state index in [-0.39, 0.29) is 6.61 Å². The summed E-state index contributed by atoms with van der Waals surface area (Å²) < 4.78 is 5.24. The quantitative estimate of drug-likeness (QED) is 0.747. The first-order valence-corrected chi connectivity index (χ1v) is 7.41. The molecule has 0 saturated carbocycles. The van der Waals surface area contributed by atoms with Gasteiger partial charge in [0.1, 0.15) is 16.8 Å².